The van der Waals surface area contributed by atoms with Gasteiger partial charge < -0.3 is 9.47 Å². The molecule has 1 aliphatic rings. The molecule has 0 spiro atoms. The number of isocyanates is 1. The fraction of sp³-hybridized carbons (Fsp3) is 0.462. The van der Waals surface area contributed by atoms with Crippen LogP contribution in [0.25, 0.3) is 0 Å². The van der Waals surface area contributed by atoms with Crippen molar-refractivity contribution in [2.24, 2.45) is 4.99 Å². The minimum atomic E-state index is 0.102. The zero-order chi connectivity index (χ0) is 11.9. The molecule has 1 atom stereocenters. The van der Waals surface area contributed by atoms with Crippen LogP contribution in [0.4, 0.5) is 0 Å². The Bertz CT molecular complexity index is 407. The Hall–Kier alpha value is -1.64. The quantitative estimate of drug-likeness (QED) is 0.591. The van der Waals surface area contributed by atoms with Crippen molar-refractivity contribution in [3.05, 3.63) is 29.8 Å². The van der Waals surface area contributed by atoms with Crippen molar-refractivity contribution in [1.29, 1.82) is 0 Å². The summed E-state index contributed by atoms with van der Waals surface area (Å²) >= 11 is 0. The molecule has 0 radical (unpaired) electrons. The molecule has 1 fully saturated rings. The maximum atomic E-state index is 10.1. The number of para-hydroxylation sites is 1. The second-order valence-corrected chi connectivity index (χ2v) is 3.97. The van der Waals surface area contributed by atoms with E-state index < -0.39 is 0 Å². The number of nitrogens with zero attached hydrogens (tertiary/aromatic N) is 1. The van der Waals surface area contributed by atoms with Gasteiger partial charge in [-0.25, -0.2) is 9.79 Å². The van der Waals surface area contributed by atoms with E-state index in [1.54, 1.807) is 6.08 Å². The standard InChI is InChI=1S/C13H15NO3/c15-10-14-8-11-4-1-2-6-13(11)17-12-5-3-7-16-9-12/h1-2,4,6,12H,3,5,7-9H2. The summed E-state index contributed by atoms with van der Waals surface area (Å²) in [5.41, 5.74) is 0.904. The molecule has 0 N–H and O–H groups in total. The molecular weight excluding hydrogens is 218 g/mol. The zero-order valence-electron chi connectivity index (χ0n) is 9.59. The Morgan fingerprint density at radius 2 is 2.35 bits per heavy atom. The first-order chi connectivity index (χ1) is 8.40. The molecule has 0 saturated carbocycles. The number of benzene rings is 1. The maximum Gasteiger partial charge on any atom is 0.235 e. The molecule has 0 aromatic heterocycles. The van der Waals surface area contributed by atoms with Gasteiger partial charge in [0.05, 0.1) is 13.2 Å². The molecule has 2 rings (SSSR count). The third kappa shape index (κ3) is 3.41. The average molecular weight is 233 g/mol. The molecule has 4 nitrogen and oxygen atoms in total. The molecule has 1 heterocycles. The first-order valence-corrected chi connectivity index (χ1v) is 5.76. The zero-order valence-corrected chi connectivity index (χ0v) is 9.59. The van der Waals surface area contributed by atoms with Gasteiger partial charge in [-0.05, 0) is 18.9 Å². The molecule has 1 saturated heterocycles. The summed E-state index contributed by atoms with van der Waals surface area (Å²) in [6.45, 7) is 1.76. The number of carbonyl (C=O) groups excluding carboxylic acids is 1. The highest BCUT2D eigenvalue weighted by Gasteiger charge is 2.16. The number of rotatable bonds is 4. The molecule has 1 aromatic rings. The van der Waals surface area contributed by atoms with E-state index in [2.05, 4.69) is 4.99 Å². The first-order valence-electron chi connectivity index (χ1n) is 5.76. The molecule has 1 aromatic carbocycles. The molecule has 90 valence electrons. The van der Waals surface area contributed by atoms with Crippen molar-refractivity contribution >= 4 is 6.08 Å². The monoisotopic (exact) mass is 233 g/mol. The molecule has 0 bridgehead atoms. The molecule has 17 heavy (non-hydrogen) atoms. The Labute approximate surface area is 100 Å². The Morgan fingerprint density at radius 3 is 3.12 bits per heavy atom. The van der Waals surface area contributed by atoms with Crippen molar-refractivity contribution in [1.82, 2.24) is 0 Å². The summed E-state index contributed by atoms with van der Waals surface area (Å²) in [6, 6.07) is 7.61. The molecule has 0 amide bonds. The lowest BCUT2D eigenvalue weighted by atomic mass is 10.1. The summed E-state index contributed by atoms with van der Waals surface area (Å²) in [4.78, 5) is 13.7. The van der Waals surface area contributed by atoms with Crippen LogP contribution >= 0.6 is 0 Å². The van der Waals surface area contributed by atoms with Crippen LogP contribution in [0.1, 0.15) is 18.4 Å². The third-order valence-electron chi connectivity index (χ3n) is 2.70. The minimum Gasteiger partial charge on any atom is -0.488 e. The van der Waals surface area contributed by atoms with Crippen molar-refractivity contribution in [2.45, 2.75) is 25.5 Å². The fourth-order valence-corrected chi connectivity index (χ4v) is 1.85. The molecule has 0 aliphatic carbocycles. The molecule has 1 unspecified atom stereocenters. The number of hydrogen-bond acceptors (Lipinski definition) is 4. The van der Waals surface area contributed by atoms with Gasteiger partial charge in [-0.2, -0.15) is 0 Å². The second kappa shape index (κ2) is 6.18. The second-order valence-electron chi connectivity index (χ2n) is 3.97. The largest absolute Gasteiger partial charge is 0.488 e. The summed E-state index contributed by atoms with van der Waals surface area (Å²) in [7, 11) is 0. The lowest BCUT2D eigenvalue weighted by Gasteiger charge is -2.24. The number of ether oxygens (including phenoxy) is 2. The van der Waals surface area contributed by atoms with E-state index in [1.807, 2.05) is 24.3 Å². The predicted octanol–water partition coefficient (Wildman–Crippen LogP) is 2.08. The Kier molecular flexibility index (Phi) is 4.30. The highest BCUT2D eigenvalue weighted by atomic mass is 16.5. The Morgan fingerprint density at radius 1 is 1.47 bits per heavy atom. The van der Waals surface area contributed by atoms with Gasteiger partial charge in [0.15, 0.2) is 0 Å². The van der Waals surface area contributed by atoms with Crippen LogP contribution in [-0.4, -0.2) is 25.4 Å². The topological polar surface area (TPSA) is 47.9 Å². The van der Waals surface area contributed by atoms with Crippen LogP contribution < -0.4 is 4.74 Å². The van der Waals surface area contributed by atoms with Crippen LogP contribution in [0.5, 0.6) is 5.75 Å². The predicted molar refractivity (Wildman–Crippen MR) is 62.7 cm³/mol. The van der Waals surface area contributed by atoms with Crippen LogP contribution in [0.3, 0.4) is 0 Å². The minimum absolute atomic E-state index is 0.102. The maximum absolute atomic E-state index is 10.1. The Balaban J connectivity index is 2.05. The van der Waals surface area contributed by atoms with Gasteiger partial charge >= 0.3 is 0 Å². The summed E-state index contributed by atoms with van der Waals surface area (Å²) in [5.74, 6) is 0.780. The van der Waals surface area contributed by atoms with Crippen LogP contribution in [0.2, 0.25) is 0 Å². The smallest absolute Gasteiger partial charge is 0.235 e. The highest BCUT2D eigenvalue weighted by Crippen LogP contribution is 2.22. The van der Waals surface area contributed by atoms with Crippen molar-refractivity contribution in [3.63, 3.8) is 0 Å². The van der Waals surface area contributed by atoms with Gasteiger partial charge in [-0.1, -0.05) is 18.2 Å². The normalized spacial score (nSPS) is 19.4. The summed E-state index contributed by atoms with van der Waals surface area (Å²) in [6.07, 6.45) is 3.68. The van der Waals surface area contributed by atoms with Gasteiger partial charge in [0.25, 0.3) is 0 Å². The average Bonchev–Trinajstić information content (AvgIpc) is 2.39. The summed E-state index contributed by atoms with van der Waals surface area (Å²) in [5, 5.41) is 0. The number of hydrogen-bond donors (Lipinski definition) is 0. The molecular formula is C13H15NO3. The van der Waals surface area contributed by atoms with E-state index in [4.69, 9.17) is 9.47 Å². The van der Waals surface area contributed by atoms with Gasteiger partial charge in [0, 0.05) is 12.2 Å². The van der Waals surface area contributed by atoms with Crippen LogP contribution in [0, 0.1) is 0 Å². The third-order valence-corrected chi connectivity index (χ3v) is 2.70. The number of aliphatic imine (C=N–C) groups is 1. The molecule has 4 heteroatoms. The van der Waals surface area contributed by atoms with Crippen LogP contribution in [0.15, 0.2) is 29.3 Å². The van der Waals surface area contributed by atoms with E-state index in [9.17, 15) is 4.79 Å². The SMILES string of the molecule is O=C=NCc1ccccc1OC1CCCOC1. The van der Waals surface area contributed by atoms with Crippen molar-refractivity contribution < 1.29 is 14.3 Å². The van der Waals surface area contributed by atoms with E-state index in [1.165, 1.54) is 0 Å². The highest BCUT2D eigenvalue weighted by molar-refractivity contribution is 5.37. The van der Waals surface area contributed by atoms with Gasteiger partial charge in [-0.15, -0.1) is 0 Å². The van der Waals surface area contributed by atoms with Gasteiger partial charge in [-0.3, -0.25) is 0 Å². The summed E-state index contributed by atoms with van der Waals surface area (Å²) < 4.78 is 11.2. The molecule has 1 aliphatic heterocycles. The van der Waals surface area contributed by atoms with E-state index in [0.29, 0.717) is 13.2 Å². The fourth-order valence-electron chi connectivity index (χ4n) is 1.85. The lowest BCUT2D eigenvalue weighted by molar-refractivity contribution is 0.00705. The van der Waals surface area contributed by atoms with Gasteiger partial charge in [0.2, 0.25) is 6.08 Å². The first kappa shape index (κ1) is 11.8. The van der Waals surface area contributed by atoms with Gasteiger partial charge in [0.1, 0.15) is 11.9 Å². The van der Waals surface area contributed by atoms with Crippen molar-refractivity contribution in [3.8, 4) is 5.75 Å². The van der Waals surface area contributed by atoms with E-state index in [-0.39, 0.29) is 6.10 Å². The van der Waals surface area contributed by atoms with Crippen molar-refractivity contribution in [2.75, 3.05) is 13.2 Å². The van der Waals surface area contributed by atoms with E-state index >= 15 is 0 Å². The van der Waals surface area contributed by atoms with E-state index in [0.717, 1.165) is 30.8 Å². The lowest BCUT2D eigenvalue weighted by Crippen LogP contribution is -2.28. The van der Waals surface area contributed by atoms with Crippen LogP contribution in [-0.2, 0) is 16.1 Å².